The van der Waals surface area contributed by atoms with Crippen molar-refractivity contribution in [2.45, 2.75) is 69.0 Å². The maximum atomic E-state index is 15.0. The number of aromatic hydroxyl groups is 1. The summed E-state index contributed by atoms with van der Waals surface area (Å²) in [6.07, 6.45) is 4.61. The minimum Gasteiger partial charge on any atom is -0.506 e. The van der Waals surface area contributed by atoms with Crippen molar-refractivity contribution in [2.24, 2.45) is 5.92 Å². The molecule has 0 radical (unpaired) electrons. The van der Waals surface area contributed by atoms with Gasteiger partial charge in [-0.2, -0.15) is 0 Å². The molecule has 0 aliphatic carbocycles. The predicted molar refractivity (Wildman–Crippen MR) is 206 cm³/mol. The Morgan fingerprint density at radius 2 is 1.75 bits per heavy atom. The standard InChI is InChI=1S/C43H51FN4O7/c44-34-25-29(9-13-37(34)54-24-6-2-5-19-45-27-36(50)32-10-12-35(49)41-33(32)11-14-39(51)46-41)26-40(52)48-22-17-43(18-23-48,31-7-3-1-4-8-31)42(53)55-38-28-47-20-15-30(38)16-21-47/h1,3-4,7-14,25,30,36,38,45,49-50H,2,5-6,15-24,26-28H2,(H,46,51)/t36?,38-/m0/s1. The van der Waals surface area contributed by atoms with Crippen LogP contribution < -0.4 is 15.6 Å². The Labute approximate surface area is 320 Å². The number of carbonyl (C=O) groups excluding carboxylic acids is 2. The Balaban J connectivity index is 0.831. The van der Waals surface area contributed by atoms with Crippen molar-refractivity contribution < 1.29 is 33.7 Å². The fourth-order valence-corrected chi connectivity index (χ4v) is 8.47. The van der Waals surface area contributed by atoms with Crippen LogP contribution in [0.3, 0.4) is 0 Å². The molecule has 2 atom stereocenters. The smallest absolute Gasteiger partial charge is 0.317 e. The van der Waals surface area contributed by atoms with Gasteiger partial charge in [0.15, 0.2) is 11.6 Å². The van der Waals surface area contributed by atoms with Crippen molar-refractivity contribution in [3.63, 3.8) is 0 Å². The number of esters is 1. The zero-order chi connectivity index (χ0) is 38.4. The highest BCUT2D eigenvalue weighted by Gasteiger charge is 2.47. The monoisotopic (exact) mass is 754 g/mol. The van der Waals surface area contributed by atoms with Gasteiger partial charge in [-0.25, -0.2) is 4.39 Å². The maximum absolute atomic E-state index is 15.0. The number of rotatable bonds is 15. The summed E-state index contributed by atoms with van der Waals surface area (Å²) in [7, 11) is 0. The third-order valence-corrected chi connectivity index (χ3v) is 11.8. The summed E-state index contributed by atoms with van der Waals surface area (Å²) in [6.45, 7) is 5.09. The van der Waals surface area contributed by atoms with Crippen molar-refractivity contribution in [1.29, 1.82) is 0 Å². The normalized spacial score (nSPS) is 21.0. The van der Waals surface area contributed by atoms with E-state index in [2.05, 4.69) is 15.2 Å². The summed E-state index contributed by atoms with van der Waals surface area (Å²) in [6, 6.07) is 20.5. The highest BCUT2D eigenvalue weighted by molar-refractivity contribution is 5.87. The number of aliphatic hydroxyl groups excluding tert-OH is 1. The molecule has 1 unspecified atom stereocenters. The molecule has 4 aliphatic rings. The molecule has 55 heavy (non-hydrogen) atoms. The van der Waals surface area contributed by atoms with Gasteiger partial charge in [0.25, 0.3) is 0 Å². The number of aromatic nitrogens is 1. The molecule has 2 bridgehead atoms. The van der Waals surface area contributed by atoms with Crippen LogP contribution in [0, 0.1) is 11.7 Å². The number of halogens is 1. The molecule has 1 aromatic heterocycles. The third-order valence-electron chi connectivity index (χ3n) is 11.8. The van der Waals surface area contributed by atoms with E-state index in [0.29, 0.717) is 80.0 Å². The highest BCUT2D eigenvalue weighted by Crippen LogP contribution is 2.39. The average Bonchev–Trinajstić information content (AvgIpc) is 3.20. The molecule has 11 nitrogen and oxygen atoms in total. The fourth-order valence-electron chi connectivity index (χ4n) is 8.47. The van der Waals surface area contributed by atoms with Crippen molar-refractivity contribution >= 4 is 22.8 Å². The Morgan fingerprint density at radius 3 is 2.47 bits per heavy atom. The molecule has 4 N–H and O–H groups in total. The van der Waals surface area contributed by atoms with Gasteiger partial charge in [0, 0.05) is 37.6 Å². The number of hydrogen-bond donors (Lipinski definition) is 4. The van der Waals surface area contributed by atoms with Crippen LogP contribution in [0.2, 0.25) is 0 Å². The number of benzene rings is 3. The SMILES string of the molecule is O=C(Cc1ccc(OCCCCCNCC(O)c2ccc(O)c3[nH]c(=O)ccc23)c(F)c1)N1CCC(C(=O)O[C@H]2CN3CCC2CC3)(c2ccccc2)CC1. The van der Waals surface area contributed by atoms with Crippen LogP contribution >= 0.6 is 0 Å². The third kappa shape index (κ3) is 8.87. The van der Waals surface area contributed by atoms with Crippen molar-refractivity contribution in [3.05, 3.63) is 106 Å². The van der Waals surface area contributed by atoms with E-state index in [4.69, 9.17) is 9.47 Å². The number of H-pyrrole nitrogens is 1. The van der Waals surface area contributed by atoms with E-state index in [1.54, 1.807) is 29.2 Å². The molecular weight excluding hydrogens is 703 g/mol. The van der Waals surface area contributed by atoms with Crippen LogP contribution in [0.15, 0.2) is 77.6 Å². The molecule has 4 saturated heterocycles. The van der Waals surface area contributed by atoms with E-state index >= 15 is 4.39 Å². The van der Waals surface area contributed by atoms with Gasteiger partial charge < -0.3 is 34.9 Å². The number of phenolic OH excluding ortho intramolecular Hbond substituents is 1. The number of pyridine rings is 1. The molecular formula is C43H51FN4O7. The van der Waals surface area contributed by atoms with Crippen LogP contribution in [0.4, 0.5) is 4.39 Å². The molecule has 4 aromatic rings. The number of aromatic amines is 1. The first-order chi connectivity index (χ1) is 26.7. The van der Waals surface area contributed by atoms with E-state index in [9.17, 15) is 24.6 Å². The Morgan fingerprint density at radius 1 is 0.964 bits per heavy atom. The van der Waals surface area contributed by atoms with Crippen molar-refractivity contribution in [2.75, 3.05) is 52.4 Å². The summed E-state index contributed by atoms with van der Waals surface area (Å²) in [5.74, 6) is -0.287. The second kappa shape index (κ2) is 17.3. The number of nitrogens with one attached hydrogen (secondary N) is 2. The summed E-state index contributed by atoms with van der Waals surface area (Å²) >= 11 is 0. The van der Waals surface area contributed by atoms with E-state index in [0.717, 1.165) is 50.9 Å². The fraction of sp³-hybridized carbons (Fsp3) is 0.465. The average molecular weight is 755 g/mol. The number of likely N-dealkylation sites (tertiary alicyclic amines) is 1. The first kappa shape index (κ1) is 38.5. The number of carbonyl (C=O) groups is 2. The number of ether oxygens (including phenoxy) is 2. The zero-order valence-corrected chi connectivity index (χ0v) is 31.2. The van der Waals surface area contributed by atoms with Crippen LogP contribution in [0.1, 0.15) is 67.7 Å². The van der Waals surface area contributed by atoms with Gasteiger partial charge in [-0.1, -0.05) is 42.5 Å². The lowest BCUT2D eigenvalue weighted by Crippen LogP contribution is -2.55. The predicted octanol–water partition coefficient (Wildman–Crippen LogP) is 4.99. The highest BCUT2D eigenvalue weighted by atomic mass is 19.1. The van der Waals surface area contributed by atoms with Crippen molar-refractivity contribution in [1.82, 2.24) is 20.1 Å². The van der Waals surface area contributed by atoms with Crippen LogP contribution in [0.5, 0.6) is 11.5 Å². The lowest BCUT2D eigenvalue weighted by Gasteiger charge is -2.46. The van der Waals surface area contributed by atoms with Gasteiger partial charge in [-0.05, 0) is 111 Å². The number of aliphatic hydroxyl groups is 1. The van der Waals surface area contributed by atoms with Gasteiger partial charge >= 0.3 is 5.97 Å². The number of fused-ring (bicyclic) bond motifs is 4. The second-order valence-electron chi connectivity index (χ2n) is 15.3. The van der Waals surface area contributed by atoms with Gasteiger partial charge in [0.2, 0.25) is 11.5 Å². The Bertz CT molecular complexity index is 2010. The lowest BCUT2D eigenvalue weighted by atomic mass is 9.72. The number of phenols is 1. The van der Waals surface area contributed by atoms with Crippen LogP contribution in [0.25, 0.3) is 10.9 Å². The number of hydrogen-bond acceptors (Lipinski definition) is 9. The number of nitrogens with zero attached hydrogens (tertiary/aromatic N) is 2. The number of unbranched alkanes of at least 4 members (excludes halogenated alkanes) is 2. The Hall–Kier alpha value is -4.78. The molecule has 0 saturated carbocycles. The molecule has 292 valence electrons. The minimum absolute atomic E-state index is 0.0512. The summed E-state index contributed by atoms with van der Waals surface area (Å²) < 4.78 is 27.0. The molecule has 3 aromatic carbocycles. The van der Waals surface area contributed by atoms with E-state index in [-0.39, 0.29) is 41.5 Å². The van der Waals surface area contributed by atoms with E-state index in [1.165, 1.54) is 18.2 Å². The quantitative estimate of drug-likeness (QED) is 0.0976. The van der Waals surface area contributed by atoms with Gasteiger partial charge in [0.05, 0.1) is 30.1 Å². The minimum atomic E-state index is -0.826. The maximum Gasteiger partial charge on any atom is 0.317 e. The Kier molecular flexibility index (Phi) is 12.1. The second-order valence-corrected chi connectivity index (χ2v) is 15.3. The molecule has 1 amide bonds. The topological polar surface area (TPSA) is 144 Å². The van der Waals surface area contributed by atoms with Gasteiger partial charge in [-0.3, -0.25) is 19.3 Å². The first-order valence-electron chi connectivity index (χ1n) is 19.6. The molecule has 8 rings (SSSR count). The number of amides is 1. The molecule has 5 heterocycles. The summed E-state index contributed by atoms with van der Waals surface area (Å²) in [5.41, 5.74) is 1.27. The van der Waals surface area contributed by atoms with E-state index in [1.807, 2.05) is 30.3 Å². The zero-order valence-electron chi connectivity index (χ0n) is 31.2. The molecule has 4 fully saturated rings. The van der Waals surface area contributed by atoms with Crippen LogP contribution in [-0.2, 0) is 26.2 Å². The lowest BCUT2D eigenvalue weighted by molar-refractivity contribution is -0.168. The summed E-state index contributed by atoms with van der Waals surface area (Å²) in [5, 5.41) is 24.6. The van der Waals surface area contributed by atoms with Crippen LogP contribution in [-0.4, -0.2) is 95.4 Å². The molecule has 12 heteroatoms. The van der Waals surface area contributed by atoms with Gasteiger partial charge in [0.1, 0.15) is 11.9 Å². The van der Waals surface area contributed by atoms with Crippen molar-refractivity contribution in [3.8, 4) is 11.5 Å². The number of piperidine rings is 4. The largest absolute Gasteiger partial charge is 0.506 e. The first-order valence-corrected chi connectivity index (χ1v) is 19.6. The summed E-state index contributed by atoms with van der Waals surface area (Å²) in [4.78, 5) is 45.8. The van der Waals surface area contributed by atoms with E-state index < -0.39 is 17.3 Å². The molecule has 4 aliphatic heterocycles. The molecule has 0 spiro atoms. The van der Waals surface area contributed by atoms with Gasteiger partial charge in [-0.15, -0.1) is 0 Å².